The highest BCUT2D eigenvalue weighted by atomic mass is 32.1. The van der Waals surface area contributed by atoms with Crippen molar-refractivity contribution >= 4 is 67.3 Å². The third kappa shape index (κ3) is 3.19. The van der Waals surface area contributed by atoms with Crippen LogP contribution in [0.4, 0.5) is 0 Å². The van der Waals surface area contributed by atoms with Gasteiger partial charge in [-0.25, -0.2) is 4.79 Å². The van der Waals surface area contributed by atoms with Crippen LogP contribution in [-0.4, -0.2) is 19.4 Å². The summed E-state index contributed by atoms with van der Waals surface area (Å²) in [6, 6.07) is 16.0. The molecule has 0 bridgehead atoms. The fourth-order valence-corrected chi connectivity index (χ4v) is 4.73. The summed E-state index contributed by atoms with van der Waals surface area (Å²) in [5, 5.41) is 2.12. The van der Waals surface area contributed by atoms with Crippen LogP contribution in [0, 0.1) is 0 Å². The maximum absolute atomic E-state index is 11.7. The number of esters is 1. The highest BCUT2D eigenvalue weighted by Crippen LogP contribution is 2.29. The normalized spacial score (nSPS) is 11.4. The van der Waals surface area contributed by atoms with Crippen molar-refractivity contribution in [1.29, 1.82) is 0 Å². The molecule has 0 saturated heterocycles. The van der Waals surface area contributed by atoms with E-state index < -0.39 is 0 Å². The number of benzene rings is 2. The number of hydrogen-bond donors (Lipinski definition) is 0. The average molecular weight is 378 g/mol. The second-order valence-electron chi connectivity index (χ2n) is 5.80. The quantitative estimate of drug-likeness (QED) is 0.253. The molecule has 0 unspecified atom stereocenters. The van der Waals surface area contributed by atoms with E-state index in [1.54, 1.807) is 0 Å². The van der Waals surface area contributed by atoms with Gasteiger partial charge >= 0.3 is 5.97 Å². The Morgan fingerprint density at radius 1 is 0.885 bits per heavy atom. The molecule has 5 heteroatoms. The third-order valence-corrected chi connectivity index (χ3v) is 6.18. The van der Waals surface area contributed by atoms with Crippen molar-refractivity contribution in [2.75, 3.05) is 7.11 Å². The highest BCUT2D eigenvalue weighted by Gasteiger charge is 2.10. The van der Waals surface area contributed by atoms with Gasteiger partial charge in [-0.05, 0) is 46.2 Å². The number of rotatable bonds is 4. The van der Waals surface area contributed by atoms with Crippen molar-refractivity contribution in [1.82, 2.24) is 0 Å². The molecule has 26 heavy (non-hydrogen) atoms. The molecular formula is C21H14O3S2. The predicted molar refractivity (Wildman–Crippen MR) is 109 cm³/mol. The second kappa shape index (κ2) is 6.86. The molecule has 0 amide bonds. The molecule has 0 radical (unpaired) electrons. The molecule has 4 rings (SSSR count). The number of ether oxygens (including phenoxy) is 1. The minimum absolute atomic E-state index is 0.303. The fourth-order valence-electron chi connectivity index (χ4n) is 2.78. The van der Waals surface area contributed by atoms with E-state index in [4.69, 9.17) is 4.74 Å². The van der Waals surface area contributed by atoms with Crippen LogP contribution in [0.2, 0.25) is 0 Å². The maximum atomic E-state index is 11.7. The molecule has 0 atom stereocenters. The van der Waals surface area contributed by atoms with Crippen LogP contribution < -0.4 is 0 Å². The molecular weight excluding hydrogens is 364 g/mol. The summed E-state index contributed by atoms with van der Waals surface area (Å²) in [4.78, 5) is 23.9. The van der Waals surface area contributed by atoms with Crippen LogP contribution in [0.3, 0.4) is 0 Å². The minimum Gasteiger partial charge on any atom is -0.465 e. The Morgan fingerprint density at radius 2 is 1.50 bits per heavy atom. The van der Waals surface area contributed by atoms with E-state index in [2.05, 4.69) is 18.2 Å². The van der Waals surface area contributed by atoms with Crippen molar-refractivity contribution in [3.63, 3.8) is 0 Å². The van der Waals surface area contributed by atoms with E-state index in [1.807, 2.05) is 42.5 Å². The second-order valence-corrected chi connectivity index (χ2v) is 8.00. The fraction of sp³-hybridized carbons (Fsp3) is 0.0476. The molecule has 2 aromatic carbocycles. The first-order valence-electron chi connectivity index (χ1n) is 7.95. The summed E-state index contributed by atoms with van der Waals surface area (Å²) < 4.78 is 6.94. The van der Waals surface area contributed by atoms with E-state index in [0.717, 1.165) is 42.5 Å². The molecule has 3 nitrogen and oxygen atoms in total. The number of carbonyl (C=O) groups is 2. The van der Waals surface area contributed by atoms with E-state index in [9.17, 15) is 9.59 Å². The molecule has 0 saturated carbocycles. The molecule has 0 N–H and O–H groups in total. The number of fused-ring (bicyclic) bond motifs is 2. The SMILES string of the molecule is COC(=O)c1cc2ccc(/C=C\c3ccc4cc(C=O)sc4c3)cc2s1. The van der Waals surface area contributed by atoms with Gasteiger partial charge in [0.05, 0.1) is 12.0 Å². The smallest absolute Gasteiger partial charge is 0.348 e. The van der Waals surface area contributed by atoms with Gasteiger partial charge in [0.2, 0.25) is 0 Å². The molecule has 2 aromatic heterocycles. The highest BCUT2D eigenvalue weighted by molar-refractivity contribution is 7.21. The van der Waals surface area contributed by atoms with Gasteiger partial charge in [0.15, 0.2) is 6.29 Å². The van der Waals surface area contributed by atoms with Gasteiger partial charge in [0.1, 0.15) is 4.88 Å². The molecule has 0 fully saturated rings. The van der Waals surface area contributed by atoms with Gasteiger partial charge < -0.3 is 4.74 Å². The number of methoxy groups -OCH3 is 1. The molecule has 0 aliphatic carbocycles. The van der Waals surface area contributed by atoms with Crippen LogP contribution in [0.1, 0.15) is 30.5 Å². The lowest BCUT2D eigenvalue weighted by Gasteiger charge is -1.96. The van der Waals surface area contributed by atoms with E-state index in [1.165, 1.54) is 29.8 Å². The lowest BCUT2D eigenvalue weighted by Crippen LogP contribution is -1.96. The zero-order valence-corrected chi connectivity index (χ0v) is 15.5. The van der Waals surface area contributed by atoms with Crippen molar-refractivity contribution in [3.05, 3.63) is 69.4 Å². The van der Waals surface area contributed by atoms with Crippen LogP contribution >= 0.6 is 22.7 Å². The van der Waals surface area contributed by atoms with Crippen LogP contribution in [0.15, 0.2) is 48.5 Å². The summed E-state index contributed by atoms with van der Waals surface area (Å²) in [5.74, 6) is -0.303. The lowest BCUT2D eigenvalue weighted by molar-refractivity contribution is 0.0606. The van der Waals surface area contributed by atoms with Gasteiger partial charge in [-0.1, -0.05) is 36.4 Å². The Morgan fingerprint density at radius 3 is 2.12 bits per heavy atom. The van der Waals surface area contributed by atoms with Gasteiger partial charge in [-0.3, -0.25) is 4.79 Å². The van der Waals surface area contributed by atoms with Gasteiger partial charge in [-0.2, -0.15) is 0 Å². The van der Waals surface area contributed by atoms with E-state index in [0.29, 0.717) is 4.88 Å². The summed E-state index contributed by atoms with van der Waals surface area (Å²) in [7, 11) is 1.39. The molecule has 0 aliphatic rings. The molecule has 4 aromatic rings. The molecule has 0 aliphatic heterocycles. The number of hydrogen-bond acceptors (Lipinski definition) is 5. The number of carbonyl (C=O) groups excluding carboxylic acids is 2. The maximum Gasteiger partial charge on any atom is 0.348 e. The molecule has 2 heterocycles. The number of thiophene rings is 2. The summed E-state index contributed by atoms with van der Waals surface area (Å²) in [6.45, 7) is 0. The summed E-state index contributed by atoms with van der Waals surface area (Å²) >= 11 is 2.93. The Kier molecular flexibility index (Phi) is 4.41. The van der Waals surface area contributed by atoms with Gasteiger partial charge in [-0.15, -0.1) is 22.7 Å². The number of aldehydes is 1. The first-order chi connectivity index (χ1) is 12.7. The van der Waals surface area contributed by atoms with Crippen molar-refractivity contribution in [3.8, 4) is 0 Å². The molecule has 0 spiro atoms. The monoisotopic (exact) mass is 378 g/mol. The lowest BCUT2D eigenvalue weighted by atomic mass is 10.1. The van der Waals surface area contributed by atoms with Gasteiger partial charge in [0, 0.05) is 9.40 Å². The Hall–Kier alpha value is -2.76. The Bertz CT molecular complexity index is 1160. The van der Waals surface area contributed by atoms with Crippen molar-refractivity contribution < 1.29 is 14.3 Å². The Labute approximate surface area is 158 Å². The Balaban J connectivity index is 1.63. The first-order valence-corrected chi connectivity index (χ1v) is 9.58. The van der Waals surface area contributed by atoms with Crippen LogP contribution in [-0.2, 0) is 4.74 Å². The van der Waals surface area contributed by atoms with Crippen molar-refractivity contribution in [2.45, 2.75) is 0 Å². The minimum atomic E-state index is -0.303. The average Bonchev–Trinajstić information content (AvgIpc) is 3.28. The summed E-state index contributed by atoms with van der Waals surface area (Å²) in [5.41, 5.74) is 2.15. The third-order valence-electron chi connectivity index (χ3n) is 4.08. The predicted octanol–water partition coefficient (Wildman–Crippen LogP) is 5.89. The first kappa shape index (κ1) is 16.7. The topological polar surface area (TPSA) is 43.4 Å². The van der Waals surface area contributed by atoms with Crippen molar-refractivity contribution in [2.24, 2.45) is 0 Å². The van der Waals surface area contributed by atoms with Crippen LogP contribution in [0.5, 0.6) is 0 Å². The van der Waals surface area contributed by atoms with E-state index >= 15 is 0 Å². The van der Waals surface area contributed by atoms with E-state index in [-0.39, 0.29) is 5.97 Å². The zero-order chi connectivity index (χ0) is 18.1. The zero-order valence-electron chi connectivity index (χ0n) is 13.9. The summed E-state index contributed by atoms with van der Waals surface area (Å²) in [6.07, 6.45) is 4.99. The molecule has 128 valence electrons. The van der Waals surface area contributed by atoms with Gasteiger partial charge in [0.25, 0.3) is 0 Å². The standard InChI is InChI=1S/C21H14O3S2/c1-24-21(23)20-11-16-7-5-14(9-19(16)26-20)3-2-13-4-6-15-10-17(12-22)25-18(15)8-13/h2-12H,1H3/b3-2-. The van der Waals surface area contributed by atoms with Crippen LogP contribution in [0.25, 0.3) is 32.3 Å². The largest absolute Gasteiger partial charge is 0.465 e.